The number of amides is 1. The number of hydrogen-bond acceptors (Lipinski definition) is 5. The maximum Gasteiger partial charge on any atom is 0.276 e. The first-order valence-corrected chi connectivity index (χ1v) is 8.69. The smallest absolute Gasteiger partial charge is 0.276 e. The highest BCUT2D eigenvalue weighted by Gasteiger charge is 2.25. The monoisotopic (exact) mass is 397 g/mol. The molecule has 0 atom stereocenters. The fourth-order valence-corrected chi connectivity index (χ4v) is 3.09. The summed E-state index contributed by atoms with van der Waals surface area (Å²) in [5, 5.41) is 11.5. The Balaban J connectivity index is 1.87. The lowest BCUT2D eigenvalue weighted by atomic mass is 10.2. The quantitative estimate of drug-likeness (QED) is 0.552. The molecule has 0 aromatic carbocycles. The van der Waals surface area contributed by atoms with Gasteiger partial charge >= 0.3 is 0 Å². The summed E-state index contributed by atoms with van der Waals surface area (Å²) in [5.41, 5.74) is 0.369. The normalized spacial score (nSPS) is 13.4. The minimum atomic E-state index is -0.448. The summed E-state index contributed by atoms with van der Waals surface area (Å²) in [7, 11) is 3.01. The summed E-state index contributed by atoms with van der Waals surface area (Å²) < 4.78 is 11.5. The zero-order valence-corrected chi connectivity index (χ0v) is 15.8. The Morgan fingerprint density at radius 2 is 2.00 bits per heavy atom. The molecule has 138 valence electrons. The Labute approximate surface area is 160 Å². The van der Waals surface area contributed by atoms with Crippen LogP contribution in [0.5, 0.6) is 11.5 Å². The van der Waals surface area contributed by atoms with E-state index in [0.717, 1.165) is 25.2 Å². The van der Waals surface area contributed by atoms with Crippen molar-refractivity contribution in [3.8, 4) is 11.5 Å². The molecule has 0 saturated heterocycles. The number of methoxy groups -OCH3 is 1. The Bertz CT molecular complexity index is 820. The highest BCUT2D eigenvalue weighted by molar-refractivity contribution is 6.39. The van der Waals surface area contributed by atoms with E-state index in [1.54, 1.807) is 0 Å². The molecule has 1 amide bonds. The van der Waals surface area contributed by atoms with Crippen LogP contribution in [0.1, 0.15) is 23.3 Å². The van der Waals surface area contributed by atoms with E-state index in [-0.39, 0.29) is 21.4 Å². The highest BCUT2D eigenvalue weighted by Crippen LogP contribution is 2.34. The van der Waals surface area contributed by atoms with Crippen molar-refractivity contribution in [2.45, 2.75) is 12.8 Å². The Morgan fingerprint density at radius 3 is 2.58 bits per heavy atom. The molecule has 0 bridgehead atoms. The van der Waals surface area contributed by atoms with Crippen LogP contribution >= 0.6 is 23.2 Å². The molecule has 1 aliphatic carbocycles. The van der Waals surface area contributed by atoms with E-state index < -0.39 is 5.91 Å². The van der Waals surface area contributed by atoms with Gasteiger partial charge in [0.1, 0.15) is 15.7 Å². The topological polar surface area (TPSA) is 78.6 Å². The Kier molecular flexibility index (Phi) is 5.38. The first-order valence-electron chi connectivity index (χ1n) is 7.93. The van der Waals surface area contributed by atoms with Crippen LogP contribution in [0.4, 0.5) is 5.69 Å². The first kappa shape index (κ1) is 18.5. The van der Waals surface area contributed by atoms with Crippen LogP contribution in [-0.2, 0) is 0 Å². The second-order valence-corrected chi connectivity index (χ2v) is 6.82. The van der Waals surface area contributed by atoms with Crippen molar-refractivity contribution in [3.05, 3.63) is 45.6 Å². The fourth-order valence-electron chi connectivity index (χ4n) is 2.39. The molecule has 9 heteroatoms. The van der Waals surface area contributed by atoms with Gasteiger partial charge in [-0.2, -0.15) is 4.73 Å². The molecular weight excluding hydrogens is 381 g/mol. The van der Waals surface area contributed by atoms with Gasteiger partial charge in [0.25, 0.3) is 5.91 Å². The molecule has 7 nitrogen and oxygen atoms in total. The molecule has 1 aliphatic rings. The summed E-state index contributed by atoms with van der Waals surface area (Å²) >= 11 is 12.1. The minimum absolute atomic E-state index is 0.0575. The van der Waals surface area contributed by atoms with E-state index in [0.29, 0.717) is 28.8 Å². The summed E-state index contributed by atoms with van der Waals surface area (Å²) in [5.74, 6) is 1.01. The third kappa shape index (κ3) is 3.94. The van der Waals surface area contributed by atoms with Gasteiger partial charge in [0.15, 0.2) is 11.5 Å². The maximum atomic E-state index is 12.8. The van der Waals surface area contributed by atoms with Crippen molar-refractivity contribution in [2.24, 2.45) is 5.92 Å². The van der Waals surface area contributed by atoms with Gasteiger partial charge in [-0.25, -0.2) is 4.98 Å². The van der Waals surface area contributed by atoms with Crippen molar-refractivity contribution in [1.82, 2.24) is 4.98 Å². The summed E-state index contributed by atoms with van der Waals surface area (Å²) in [6.07, 6.45) is 5.97. The van der Waals surface area contributed by atoms with Gasteiger partial charge in [-0.15, -0.1) is 0 Å². The molecule has 0 radical (unpaired) electrons. The first-order chi connectivity index (χ1) is 12.4. The molecule has 2 heterocycles. The fraction of sp³-hybridized carbons (Fsp3) is 0.353. The van der Waals surface area contributed by atoms with Crippen LogP contribution in [0, 0.1) is 11.1 Å². The second-order valence-electron chi connectivity index (χ2n) is 6.00. The van der Waals surface area contributed by atoms with E-state index in [1.807, 2.05) is 0 Å². The maximum absolute atomic E-state index is 12.8. The second kappa shape index (κ2) is 7.55. The third-order valence-electron chi connectivity index (χ3n) is 4.02. The highest BCUT2D eigenvalue weighted by atomic mass is 35.5. The number of rotatable bonds is 6. The number of anilines is 1. The summed E-state index contributed by atoms with van der Waals surface area (Å²) in [6, 6.07) is 1.53. The number of hydrogen-bond donors (Lipinski definition) is 0. The predicted molar refractivity (Wildman–Crippen MR) is 97.2 cm³/mol. The van der Waals surface area contributed by atoms with Crippen LogP contribution in [-0.4, -0.2) is 31.7 Å². The van der Waals surface area contributed by atoms with Crippen molar-refractivity contribution < 1.29 is 19.0 Å². The van der Waals surface area contributed by atoms with Gasteiger partial charge in [0.05, 0.1) is 25.6 Å². The number of carbonyl (C=O) groups excluding carboxylic acids is 1. The third-order valence-corrected chi connectivity index (χ3v) is 4.57. The number of aromatic nitrogens is 2. The molecule has 0 aliphatic heterocycles. The van der Waals surface area contributed by atoms with Crippen LogP contribution < -0.4 is 19.1 Å². The molecule has 3 rings (SSSR count). The lowest BCUT2D eigenvalue weighted by Crippen LogP contribution is -2.31. The Hall–Kier alpha value is -2.25. The van der Waals surface area contributed by atoms with Crippen molar-refractivity contribution in [2.75, 3.05) is 25.7 Å². The SMILES string of the molecule is COc1cnc(C(=O)N(C)c2c(Cl)c[n+]([O-])cc2Cl)cc1OCC1CC1. The van der Waals surface area contributed by atoms with E-state index >= 15 is 0 Å². The van der Waals surface area contributed by atoms with E-state index in [2.05, 4.69) is 4.98 Å². The zero-order valence-electron chi connectivity index (χ0n) is 14.2. The van der Waals surface area contributed by atoms with Crippen LogP contribution in [0.15, 0.2) is 24.7 Å². The number of nitrogens with zero attached hydrogens (tertiary/aromatic N) is 3. The lowest BCUT2D eigenvalue weighted by Gasteiger charge is -2.19. The van der Waals surface area contributed by atoms with E-state index in [4.69, 9.17) is 32.7 Å². The minimum Gasteiger partial charge on any atom is -0.619 e. The van der Waals surface area contributed by atoms with Crippen LogP contribution in [0.25, 0.3) is 0 Å². The Morgan fingerprint density at radius 1 is 1.35 bits per heavy atom. The number of ether oxygens (including phenoxy) is 2. The van der Waals surface area contributed by atoms with Gasteiger partial charge in [-0.3, -0.25) is 4.79 Å². The number of pyridine rings is 2. The largest absolute Gasteiger partial charge is 0.619 e. The molecule has 1 fully saturated rings. The standard InChI is InChI=1S/C17H17Cl2N3O4/c1-21(16-11(18)7-22(24)8-12(16)19)17(23)13-5-14(15(25-2)6-20-13)26-9-10-3-4-10/h5-8,10H,3-4,9H2,1-2H3. The average Bonchev–Trinajstić information content (AvgIpc) is 3.42. The van der Waals surface area contributed by atoms with Gasteiger partial charge in [0.2, 0.25) is 12.4 Å². The molecule has 2 aromatic rings. The van der Waals surface area contributed by atoms with E-state index in [1.165, 1.54) is 31.3 Å². The molecule has 2 aromatic heterocycles. The van der Waals surface area contributed by atoms with Gasteiger partial charge in [-0.05, 0) is 18.8 Å². The van der Waals surface area contributed by atoms with E-state index in [9.17, 15) is 10.0 Å². The van der Waals surface area contributed by atoms with Gasteiger partial charge < -0.3 is 19.6 Å². The van der Waals surface area contributed by atoms with Gasteiger partial charge in [0, 0.05) is 13.1 Å². The summed E-state index contributed by atoms with van der Waals surface area (Å²) in [6.45, 7) is 0.573. The van der Waals surface area contributed by atoms with Crippen molar-refractivity contribution in [3.63, 3.8) is 0 Å². The number of halogens is 2. The zero-order chi connectivity index (χ0) is 18.8. The molecule has 26 heavy (non-hydrogen) atoms. The molecule has 0 N–H and O–H groups in total. The van der Waals surface area contributed by atoms with Crippen molar-refractivity contribution in [1.29, 1.82) is 0 Å². The number of carbonyl (C=O) groups is 1. The average molecular weight is 398 g/mol. The van der Waals surface area contributed by atoms with Gasteiger partial charge in [-0.1, -0.05) is 23.2 Å². The predicted octanol–water partition coefficient (Wildman–Crippen LogP) is 3.10. The molecule has 1 saturated carbocycles. The lowest BCUT2D eigenvalue weighted by molar-refractivity contribution is -0.605. The van der Waals surface area contributed by atoms with Crippen LogP contribution in [0.2, 0.25) is 10.0 Å². The summed E-state index contributed by atoms with van der Waals surface area (Å²) in [4.78, 5) is 18.2. The van der Waals surface area contributed by atoms with Crippen molar-refractivity contribution >= 4 is 34.8 Å². The molecule has 0 unspecified atom stereocenters. The van der Waals surface area contributed by atoms with Crippen LogP contribution in [0.3, 0.4) is 0 Å². The molecule has 0 spiro atoms. The molecular formula is C17H17Cl2N3O4.